The topological polar surface area (TPSA) is 59.8 Å². The molecular formula is C18H17ClN4O. The minimum Gasteiger partial charge on any atom is -0.347 e. The van der Waals surface area contributed by atoms with E-state index >= 15 is 0 Å². The molecule has 0 fully saturated rings. The van der Waals surface area contributed by atoms with Crippen molar-refractivity contribution < 1.29 is 4.79 Å². The summed E-state index contributed by atoms with van der Waals surface area (Å²) in [6, 6.07) is 7.33. The molecule has 3 heterocycles. The first-order valence-corrected chi connectivity index (χ1v) is 8.36. The molecule has 1 aliphatic rings. The number of fused-ring (bicyclic) bond motifs is 2. The molecule has 0 saturated heterocycles. The number of imidazole rings is 1. The van der Waals surface area contributed by atoms with Gasteiger partial charge in [-0.1, -0.05) is 17.7 Å². The monoisotopic (exact) mass is 340 g/mol. The van der Waals surface area contributed by atoms with Crippen molar-refractivity contribution in [1.82, 2.24) is 19.9 Å². The Bertz CT molecular complexity index is 934. The van der Waals surface area contributed by atoms with Crippen molar-refractivity contribution in [2.75, 3.05) is 0 Å². The number of aryl methyl sites for hydroxylation is 2. The van der Waals surface area contributed by atoms with E-state index < -0.39 is 0 Å². The Balaban J connectivity index is 1.59. The van der Waals surface area contributed by atoms with E-state index in [1.165, 1.54) is 0 Å². The summed E-state index contributed by atoms with van der Waals surface area (Å²) in [5, 5.41) is 4.52. The number of hydrogen-bond acceptors (Lipinski definition) is 3. The summed E-state index contributed by atoms with van der Waals surface area (Å²) in [6.45, 7) is 2.73. The molecule has 2 aromatic heterocycles. The van der Waals surface area contributed by atoms with Crippen molar-refractivity contribution in [2.45, 2.75) is 32.4 Å². The summed E-state index contributed by atoms with van der Waals surface area (Å²) in [4.78, 5) is 21.6. The van der Waals surface area contributed by atoms with Crippen LogP contribution >= 0.6 is 11.6 Å². The zero-order valence-electron chi connectivity index (χ0n) is 13.3. The van der Waals surface area contributed by atoms with E-state index in [1.54, 1.807) is 12.3 Å². The van der Waals surface area contributed by atoms with Crippen molar-refractivity contribution in [3.8, 4) is 0 Å². The number of aromatic nitrogens is 3. The number of nitrogens with zero attached hydrogens (tertiary/aromatic N) is 3. The van der Waals surface area contributed by atoms with Gasteiger partial charge >= 0.3 is 0 Å². The van der Waals surface area contributed by atoms with Gasteiger partial charge in [0.05, 0.1) is 16.8 Å². The number of carbonyl (C=O) groups is 1. The highest BCUT2D eigenvalue weighted by molar-refractivity contribution is 6.32. The number of amides is 1. The van der Waals surface area contributed by atoms with Crippen molar-refractivity contribution in [2.24, 2.45) is 0 Å². The van der Waals surface area contributed by atoms with E-state index in [0.717, 1.165) is 36.3 Å². The number of rotatable bonds is 2. The summed E-state index contributed by atoms with van der Waals surface area (Å²) < 4.78 is 2.12. The molecule has 1 amide bonds. The van der Waals surface area contributed by atoms with Crippen LogP contribution in [-0.2, 0) is 13.0 Å². The molecule has 5 nitrogen and oxygen atoms in total. The fourth-order valence-electron chi connectivity index (χ4n) is 3.30. The van der Waals surface area contributed by atoms with Gasteiger partial charge in [-0.25, -0.2) is 4.98 Å². The third-order valence-corrected chi connectivity index (χ3v) is 4.58. The molecule has 0 aliphatic carbocycles. The highest BCUT2D eigenvalue weighted by Gasteiger charge is 2.22. The van der Waals surface area contributed by atoms with Crippen LogP contribution in [0.4, 0.5) is 0 Å². The van der Waals surface area contributed by atoms with Crippen molar-refractivity contribution in [1.29, 1.82) is 0 Å². The van der Waals surface area contributed by atoms with Crippen LogP contribution in [0.15, 0.2) is 36.7 Å². The molecule has 1 unspecified atom stereocenters. The standard InChI is InChI=1S/C18H17ClN4O/c1-11-9-23-10-14(4-5-16(23)21-11)22-18(24)15-8-13(19)7-12-3-2-6-20-17(12)15/h2-3,6-9,14H,4-5,10H2,1H3,(H,22,24). The number of benzene rings is 1. The number of nitrogens with one attached hydrogen (secondary N) is 1. The predicted molar refractivity (Wildman–Crippen MR) is 93.3 cm³/mol. The first kappa shape index (κ1) is 15.1. The lowest BCUT2D eigenvalue weighted by atomic mass is 10.1. The Kier molecular flexibility index (Phi) is 3.73. The van der Waals surface area contributed by atoms with Crippen molar-refractivity contribution in [3.63, 3.8) is 0 Å². The van der Waals surface area contributed by atoms with Crippen LogP contribution in [-0.4, -0.2) is 26.5 Å². The summed E-state index contributed by atoms with van der Waals surface area (Å²) in [6.07, 6.45) is 5.47. The maximum atomic E-state index is 12.8. The normalized spacial score (nSPS) is 16.8. The molecule has 4 rings (SSSR count). The number of hydrogen-bond donors (Lipinski definition) is 1. The lowest BCUT2D eigenvalue weighted by Crippen LogP contribution is -2.41. The van der Waals surface area contributed by atoms with E-state index in [1.807, 2.05) is 31.3 Å². The van der Waals surface area contributed by atoms with E-state index in [0.29, 0.717) is 16.1 Å². The Hall–Kier alpha value is -2.40. The summed E-state index contributed by atoms with van der Waals surface area (Å²) in [5.74, 6) is 0.958. The van der Waals surface area contributed by atoms with Gasteiger partial charge in [0.25, 0.3) is 5.91 Å². The highest BCUT2D eigenvalue weighted by Crippen LogP contribution is 2.23. The van der Waals surface area contributed by atoms with Crippen molar-refractivity contribution >= 4 is 28.4 Å². The average Bonchev–Trinajstić information content (AvgIpc) is 2.93. The van der Waals surface area contributed by atoms with Crippen LogP contribution in [0.25, 0.3) is 10.9 Å². The maximum absolute atomic E-state index is 12.8. The molecule has 122 valence electrons. The van der Waals surface area contributed by atoms with Crippen LogP contribution in [0.3, 0.4) is 0 Å². The first-order chi connectivity index (χ1) is 11.6. The van der Waals surface area contributed by atoms with Gasteiger partial charge in [-0.3, -0.25) is 9.78 Å². The van der Waals surface area contributed by atoms with Gasteiger partial charge in [0.2, 0.25) is 0 Å². The fraction of sp³-hybridized carbons (Fsp3) is 0.278. The van der Waals surface area contributed by atoms with Gasteiger partial charge < -0.3 is 9.88 Å². The number of carbonyl (C=O) groups excluding carboxylic acids is 1. The predicted octanol–water partition coefficient (Wildman–Crippen LogP) is 3.14. The molecular weight excluding hydrogens is 324 g/mol. The summed E-state index contributed by atoms with van der Waals surface area (Å²) in [5.41, 5.74) is 2.21. The Morgan fingerprint density at radius 3 is 3.17 bits per heavy atom. The SMILES string of the molecule is Cc1cn2c(n1)CCC(NC(=O)c1cc(Cl)cc3cccnc13)C2. The Labute approximate surface area is 144 Å². The van der Waals surface area contributed by atoms with Crippen LogP contribution in [0.2, 0.25) is 5.02 Å². The average molecular weight is 341 g/mol. The van der Waals surface area contributed by atoms with Crippen LogP contribution in [0, 0.1) is 6.92 Å². The van der Waals surface area contributed by atoms with E-state index in [4.69, 9.17) is 11.6 Å². The summed E-state index contributed by atoms with van der Waals surface area (Å²) >= 11 is 6.16. The van der Waals surface area contributed by atoms with Gasteiger partial charge in [0.15, 0.2) is 0 Å². The third kappa shape index (κ3) is 2.76. The van der Waals surface area contributed by atoms with Gasteiger partial charge in [-0.05, 0) is 31.5 Å². The molecule has 0 saturated carbocycles. The second-order valence-corrected chi connectivity index (χ2v) is 6.62. The third-order valence-electron chi connectivity index (χ3n) is 4.36. The minimum absolute atomic E-state index is 0.0799. The summed E-state index contributed by atoms with van der Waals surface area (Å²) in [7, 11) is 0. The molecule has 1 atom stereocenters. The second kappa shape index (κ2) is 5.91. The molecule has 0 bridgehead atoms. The zero-order chi connectivity index (χ0) is 16.7. The van der Waals surface area contributed by atoms with Crippen LogP contribution in [0.5, 0.6) is 0 Å². The minimum atomic E-state index is -0.133. The molecule has 0 radical (unpaired) electrons. The van der Waals surface area contributed by atoms with Crippen LogP contribution in [0.1, 0.15) is 28.3 Å². The molecule has 1 N–H and O–H groups in total. The maximum Gasteiger partial charge on any atom is 0.253 e. The largest absolute Gasteiger partial charge is 0.347 e. The molecule has 24 heavy (non-hydrogen) atoms. The fourth-order valence-corrected chi connectivity index (χ4v) is 3.52. The zero-order valence-corrected chi connectivity index (χ0v) is 14.0. The van der Waals surface area contributed by atoms with Crippen molar-refractivity contribution in [3.05, 3.63) is 58.8 Å². The second-order valence-electron chi connectivity index (χ2n) is 6.19. The Morgan fingerprint density at radius 2 is 2.29 bits per heavy atom. The van der Waals surface area contributed by atoms with Crippen LogP contribution < -0.4 is 5.32 Å². The first-order valence-electron chi connectivity index (χ1n) is 7.98. The molecule has 1 aromatic carbocycles. The number of halogens is 1. The number of pyridine rings is 1. The van der Waals surface area contributed by atoms with E-state index in [-0.39, 0.29) is 11.9 Å². The molecule has 1 aliphatic heterocycles. The highest BCUT2D eigenvalue weighted by atomic mass is 35.5. The molecule has 0 spiro atoms. The van der Waals surface area contributed by atoms with E-state index in [9.17, 15) is 4.79 Å². The Morgan fingerprint density at radius 1 is 1.42 bits per heavy atom. The lowest BCUT2D eigenvalue weighted by Gasteiger charge is -2.25. The lowest BCUT2D eigenvalue weighted by molar-refractivity contribution is 0.0929. The molecule has 6 heteroatoms. The van der Waals surface area contributed by atoms with Gasteiger partial charge in [0.1, 0.15) is 5.82 Å². The molecule has 3 aromatic rings. The van der Waals surface area contributed by atoms with Gasteiger partial charge in [-0.15, -0.1) is 0 Å². The van der Waals surface area contributed by atoms with E-state index in [2.05, 4.69) is 19.9 Å². The quantitative estimate of drug-likeness (QED) is 0.779. The van der Waals surface area contributed by atoms with Gasteiger partial charge in [-0.2, -0.15) is 0 Å². The smallest absolute Gasteiger partial charge is 0.253 e. The van der Waals surface area contributed by atoms with Gasteiger partial charge in [0, 0.05) is 41.8 Å².